The number of allylic oxidation sites excluding steroid dienone is 1. The maximum Gasteiger partial charge on any atom is 0.315 e. The minimum absolute atomic E-state index is 0.131. The Bertz CT molecular complexity index is 291. The van der Waals surface area contributed by atoms with Crippen LogP contribution in [-0.4, -0.2) is 18.4 Å². The number of carbonyl (C=O) groups is 2. The SMILES string of the molecule is CCOC(=O)C1(C)C=C(C)C(=O)CC1. The van der Waals surface area contributed by atoms with Crippen LogP contribution in [0.2, 0.25) is 0 Å². The first-order chi connectivity index (χ1) is 6.49. The molecule has 0 fully saturated rings. The lowest BCUT2D eigenvalue weighted by molar-refractivity contribution is -0.152. The molecule has 0 spiro atoms. The lowest BCUT2D eigenvalue weighted by atomic mass is 9.78. The fourth-order valence-corrected chi connectivity index (χ4v) is 1.66. The first-order valence-electron chi connectivity index (χ1n) is 4.89. The zero-order chi connectivity index (χ0) is 10.8. The molecule has 0 radical (unpaired) electrons. The van der Waals surface area contributed by atoms with Gasteiger partial charge in [0.1, 0.15) is 0 Å². The highest BCUT2D eigenvalue weighted by Crippen LogP contribution is 2.33. The number of rotatable bonds is 2. The van der Waals surface area contributed by atoms with Gasteiger partial charge in [-0.3, -0.25) is 9.59 Å². The predicted molar refractivity (Wildman–Crippen MR) is 52.7 cm³/mol. The van der Waals surface area contributed by atoms with E-state index in [1.165, 1.54) is 0 Å². The van der Waals surface area contributed by atoms with Crippen LogP contribution in [0.25, 0.3) is 0 Å². The van der Waals surface area contributed by atoms with Gasteiger partial charge in [0.2, 0.25) is 0 Å². The van der Waals surface area contributed by atoms with Crippen LogP contribution in [0, 0.1) is 5.41 Å². The number of carbonyl (C=O) groups excluding carboxylic acids is 2. The van der Waals surface area contributed by atoms with Crippen LogP contribution >= 0.6 is 0 Å². The summed E-state index contributed by atoms with van der Waals surface area (Å²) >= 11 is 0. The molecule has 0 aromatic rings. The lowest BCUT2D eigenvalue weighted by Gasteiger charge is -2.27. The van der Waals surface area contributed by atoms with E-state index in [9.17, 15) is 9.59 Å². The summed E-state index contributed by atoms with van der Waals surface area (Å²) in [7, 11) is 0. The summed E-state index contributed by atoms with van der Waals surface area (Å²) in [5.74, 6) is -0.0985. The van der Waals surface area contributed by atoms with Gasteiger partial charge in [-0.2, -0.15) is 0 Å². The van der Waals surface area contributed by atoms with Gasteiger partial charge in [-0.1, -0.05) is 6.08 Å². The molecule has 1 unspecified atom stereocenters. The summed E-state index contributed by atoms with van der Waals surface area (Å²) < 4.78 is 4.97. The Kier molecular flexibility index (Phi) is 3.09. The monoisotopic (exact) mass is 196 g/mol. The third kappa shape index (κ3) is 2.03. The fourth-order valence-electron chi connectivity index (χ4n) is 1.66. The molecule has 0 aromatic carbocycles. The van der Waals surface area contributed by atoms with Gasteiger partial charge < -0.3 is 4.74 Å². The van der Waals surface area contributed by atoms with Crippen molar-refractivity contribution in [1.29, 1.82) is 0 Å². The third-order valence-electron chi connectivity index (χ3n) is 2.59. The first-order valence-corrected chi connectivity index (χ1v) is 4.89. The van der Waals surface area contributed by atoms with Gasteiger partial charge in [0.25, 0.3) is 0 Å². The Labute approximate surface area is 84.1 Å². The number of esters is 1. The van der Waals surface area contributed by atoms with E-state index in [1.807, 2.05) is 6.92 Å². The van der Waals surface area contributed by atoms with E-state index in [2.05, 4.69) is 0 Å². The highest BCUT2D eigenvalue weighted by Gasteiger charge is 2.36. The molecule has 1 aliphatic carbocycles. The maximum atomic E-state index is 11.6. The van der Waals surface area contributed by atoms with Crippen molar-refractivity contribution in [3.05, 3.63) is 11.6 Å². The van der Waals surface area contributed by atoms with Crippen molar-refractivity contribution >= 4 is 11.8 Å². The Balaban J connectivity index is 2.86. The second kappa shape index (κ2) is 3.95. The van der Waals surface area contributed by atoms with E-state index in [4.69, 9.17) is 4.74 Å². The minimum Gasteiger partial charge on any atom is -0.465 e. The summed E-state index contributed by atoms with van der Waals surface area (Å²) in [6.45, 7) is 5.74. The highest BCUT2D eigenvalue weighted by molar-refractivity contribution is 5.98. The van der Waals surface area contributed by atoms with Crippen LogP contribution < -0.4 is 0 Å². The molecule has 0 saturated carbocycles. The minimum atomic E-state index is -0.603. The normalized spacial score (nSPS) is 27.1. The molecule has 0 aromatic heterocycles. The number of ether oxygens (including phenoxy) is 1. The second-order valence-corrected chi connectivity index (χ2v) is 3.89. The fraction of sp³-hybridized carbons (Fsp3) is 0.636. The Morgan fingerprint density at radius 3 is 2.79 bits per heavy atom. The summed E-state index contributed by atoms with van der Waals surface area (Å²) in [5.41, 5.74) is 0.0698. The van der Waals surface area contributed by atoms with Crippen molar-refractivity contribution in [2.45, 2.75) is 33.6 Å². The predicted octanol–water partition coefficient (Wildman–Crippen LogP) is 1.86. The molecular weight excluding hydrogens is 180 g/mol. The van der Waals surface area contributed by atoms with Gasteiger partial charge in [0.15, 0.2) is 5.78 Å². The molecular formula is C11H16O3. The molecule has 1 aliphatic rings. The van der Waals surface area contributed by atoms with Gasteiger partial charge in [-0.15, -0.1) is 0 Å². The summed E-state index contributed by atoms with van der Waals surface area (Å²) in [5, 5.41) is 0. The van der Waals surface area contributed by atoms with E-state index < -0.39 is 5.41 Å². The largest absolute Gasteiger partial charge is 0.465 e. The van der Waals surface area contributed by atoms with Crippen LogP contribution in [-0.2, 0) is 14.3 Å². The van der Waals surface area contributed by atoms with E-state index in [0.717, 1.165) is 0 Å². The molecule has 1 atom stereocenters. The quantitative estimate of drug-likeness (QED) is 0.633. The average molecular weight is 196 g/mol. The number of hydrogen-bond donors (Lipinski definition) is 0. The summed E-state index contributed by atoms with van der Waals surface area (Å²) in [6.07, 6.45) is 2.73. The number of Topliss-reactive ketones (excluding diaryl/α,β-unsaturated/α-hetero) is 1. The van der Waals surface area contributed by atoms with E-state index in [0.29, 0.717) is 25.0 Å². The molecule has 0 aliphatic heterocycles. The smallest absolute Gasteiger partial charge is 0.315 e. The second-order valence-electron chi connectivity index (χ2n) is 3.89. The molecule has 14 heavy (non-hydrogen) atoms. The lowest BCUT2D eigenvalue weighted by Crippen LogP contribution is -2.32. The zero-order valence-electron chi connectivity index (χ0n) is 8.92. The molecule has 0 amide bonds. The van der Waals surface area contributed by atoms with Crippen LogP contribution in [0.15, 0.2) is 11.6 Å². The summed E-state index contributed by atoms with van der Waals surface area (Å²) in [4.78, 5) is 22.8. The van der Waals surface area contributed by atoms with Gasteiger partial charge in [0, 0.05) is 6.42 Å². The summed E-state index contributed by atoms with van der Waals surface area (Å²) in [6, 6.07) is 0. The first kappa shape index (κ1) is 11.0. The third-order valence-corrected chi connectivity index (χ3v) is 2.59. The maximum absolute atomic E-state index is 11.6. The zero-order valence-corrected chi connectivity index (χ0v) is 8.92. The molecule has 0 bridgehead atoms. The van der Waals surface area contributed by atoms with E-state index in [-0.39, 0.29) is 11.8 Å². The van der Waals surface area contributed by atoms with Crippen LogP contribution in [0.3, 0.4) is 0 Å². The van der Waals surface area contributed by atoms with Gasteiger partial charge in [-0.05, 0) is 32.8 Å². The Morgan fingerprint density at radius 1 is 1.64 bits per heavy atom. The molecule has 0 saturated heterocycles. The van der Waals surface area contributed by atoms with Crippen molar-refractivity contribution in [2.24, 2.45) is 5.41 Å². The molecule has 0 heterocycles. The van der Waals surface area contributed by atoms with E-state index in [1.54, 1.807) is 19.9 Å². The number of hydrogen-bond acceptors (Lipinski definition) is 3. The molecule has 78 valence electrons. The standard InChI is InChI=1S/C11H16O3/c1-4-14-10(13)11(3)6-5-9(12)8(2)7-11/h7H,4-6H2,1-3H3. The molecule has 1 rings (SSSR count). The van der Waals surface area contributed by atoms with Crippen LogP contribution in [0.5, 0.6) is 0 Å². The van der Waals surface area contributed by atoms with Crippen molar-refractivity contribution < 1.29 is 14.3 Å². The van der Waals surface area contributed by atoms with Crippen molar-refractivity contribution in [1.82, 2.24) is 0 Å². The Morgan fingerprint density at radius 2 is 2.29 bits per heavy atom. The van der Waals surface area contributed by atoms with Crippen molar-refractivity contribution in [3.63, 3.8) is 0 Å². The van der Waals surface area contributed by atoms with Crippen LogP contribution in [0.1, 0.15) is 33.6 Å². The highest BCUT2D eigenvalue weighted by atomic mass is 16.5. The average Bonchev–Trinajstić information content (AvgIpc) is 2.13. The van der Waals surface area contributed by atoms with Gasteiger partial charge in [-0.25, -0.2) is 0 Å². The van der Waals surface area contributed by atoms with E-state index >= 15 is 0 Å². The van der Waals surface area contributed by atoms with Gasteiger partial charge in [0.05, 0.1) is 12.0 Å². The topological polar surface area (TPSA) is 43.4 Å². The van der Waals surface area contributed by atoms with Crippen molar-refractivity contribution in [3.8, 4) is 0 Å². The van der Waals surface area contributed by atoms with Gasteiger partial charge >= 0.3 is 5.97 Å². The number of ketones is 1. The molecule has 0 N–H and O–H groups in total. The van der Waals surface area contributed by atoms with Crippen molar-refractivity contribution in [2.75, 3.05) is 6.61 Å². The molecule has 3 heteroatoms. The Hall–Kier alpha value is -1.12. The molecule has 3 nitrogen and oxygen atoms in total. The van der Waals surface area contributed by atoms with Crippen LogP contribution in [0.4, 0.5) is 0 Å².